The fraction of sp³-hybridized carbons (Fsp3) is 0.211. The van der Waals surface area contributed by atoms with E-state index in [-0.39, 0.29) is 5.56 Å². The number of nitrogens with zero attached hydrogens (tertiary/aromatic N) is 1. The molecule has 2 amide bonds. The van der Waals surface area contributed by atoms with Crippen LogP contribution in [0.1, 0.15) is 40.7 Å². The van der Waals surface area contributed by atoms with Crippen LogP contribution in [-0.4, -0.2) is 37.4 Å². The van der Waals surface area contributed by atoms with Crippen molar-refractivity contribution in [2.24, 2.45) is 0 Å². The molecule has 1 aliphatic rings. The number of imide groups is 1. The normalized spacial score (nSPS) is 17.1. The third-order valence-corrected chi connectivity index (χ3v) is 4.80. The van der Waals surface area contributed by atoms with Crippen LogP contribution in [0, 0.1) is 0 Å². The third kappa shape index (κ3) is 3.95. The average Bonchev–Trinajstić information content (AvgIpc) is 2.91. The molecule has 0 saturated carbocycles. The lowest BCUT2D eigenvalue weighted by molar-refractivity contribution is -0.159. The molecular weight excluding hydrogens is 384 g/mol. The maximum absolute atomic E-state index is 13.3. The number of esters is 1. The topological polar surface area (TPSA) is 110 Å². The number of sulfonamides is 1. The van der Waals surface area contributed by atoms with Crippen LogP contribution in [0.3, 0.4) is 0 Å². The van der Waals surface area contributed by atoms with E-state index in [2.05, 4.69) is 4.72 Å². The Hall–Kier alpha value is -3.04. The molecule has 1 heterocycles. The molecule has 1 N–H and O–H groups in total. The molecule has 2 aromatic rings. The van der Waals surface area contributed by atoms with Crippen molar-refractivity contribution in [3.05, 3.63) is 71.3 Å². The van der Waals surface area contributed by atoms with Crippen LogP contribution in [0.25, 0.3) is 0 Å². The summed E-state index contributed by atoms with van der Waals surface area (Å²) in [4.78, 5) is 38.5. The van der Waals surface area contributed by atoms with Crippen molar-refractivity contribution in [1.29, 1.82) is 0 Å². The van der Waals surface area contributed by atoms with E-state index in [0.29, 0.717) is 11.1 Å². The molecule has 2 atom stereocenters. The van der Waals surface area contributed by atoms with E-state index in [0.717, 1.165) is 18.1 Å². The molecule has 0 radical (unpaired) electrons. The fourth-order valence-electron chi connectivity index (χ4n) is 3.03. The van der Waals surface area contributed by atoms with Crippen molar-refractivity contribution in [2.45, 2.75) is 19.2 Å². The van der Waals surface area contributed by atoms with Gasteiger partial charge >= 0.3 is 5.97 Å². The van der Waals surface area contributed by atoms with Gasteiger partial charge in [0.2, 0.25) is 16.3 Å². The molecule has 28 heavy (non-hydrogen) atoms. The van der Waals surface area contributed by atoms with Gasteiger partial charge in [0.15, 0.2) is 0 Å². The Balaban J connectivity index is 2.06. The summed E-state index contributed by atoms with van der Waals surface area (Å²) in [5.74, 6) is -2.19. The molecule has 0 spiro atoms. The van der Waals surface area contributed by atoms with Gasteiger partial charge in [-0.3, -0.25) is 14.4 Å². The second-order valence-corrected chi connectivity index (χ2v) is 8.08. The number of nitrogens with one attached hydrogen (secondary N) is 1. The zero-order chi connectivity index (χ0) is 20.5. The van der Waals surface area contributed by atoms with Gasteiger partial charge in [0.25, 0.3) is 11.8 Å². The average molecular weight is 402 g/mol. The third-order valence-electron chi connectivity index (χ3n) is 4.14. The van der Waals surface area contributed by atoms with Gasteiger partial charge in [0, 0.05) is 18.1 Å². The molecule has 0 aromatic heterocycles. The fourth-order valence-corrected chi connectivity index (χ4v) is 3.70. The largest absolute Gasteiger partial charge is 0.437 e. The van der Waals surface area contributed by atoms with Crippen LogP contribution in [0.2, 0.25) is 0 Å². The monoisotopic (exact) mass is 402 g/mol. The van der Waals surface area contributed by atoms with Crippen molar-refractivity contribution in [1.82, 2.24) is 9.62 Å². The molecule has 146 valence electrons. The van der Waals surface area contributed by atoms with Crippen LogP contribution in [0.4, 0.5) is 0 Å². The number of benzene rings is 2. The van der Waals surface area contributed by atoms with Gasteiger partial charge in [-0.2, -0.15) is 4.72 Å². The Morgan fingerprint density at radius 3 is 2.29 bits per heavy atom. The Kier molecular flexibility index (Phi) is 5.30. The quantitative estimate of drug-likeness (QED) is 0.760. The Morgan fingerprint density at radius 1 is 1.07 bits per heavy atom. The summed E-state index contributed by atoms with van der Waals surface area (Å²) in [7, 11) is -3.79. The Bertz CT molecular complexity index is 1040. The predicted octanol–water partition coefficient (Wildman–Crippen LogP) is 1.52. The van der Waals surface area contributed by atoms with Crippen molar-refractivity contribution in [3.8, 4) is 0 Å². The van der Waals surface area contributed by atoms with Crippen LogP contribution >= 0.6 is 0 Å². The first-order valence-corrected chi connectivity index (χ1v) is 10.2. The summed E-state index contributed by atoms with van der Waals surface area (Å²) in [6.07, 6.45) is -0.346. The number of rotatable bonds is 5. The standard InChI is InChI=1S/C19H18N2O6S/c1-12(22)27-19-15-11-7-6-10-14(15)17(23)21(19)18(24)16(20-28(2,25)26)13-8-4-3-5-9-13/h3-11,16,19-20H,1-2H3/t16-,19?/m0/s1. The summed E-state index contributed by atoms with van der Waals surface area (Å²) in [6, 6.07) is 13.1. The number of ether oxygens (including phenoxy) is 1. The molecule has 9 heteroatoms. The lowest BCUT2D eigenvalue weighted by Crippen LogP contribution is -2.45. The summed E-state index contributed by atoms with van der Waals surface area (Å²) < 4.78 is 31.2. The van der Waals surface area contributed by atoms with E-state index in [9.17, 15) is 22.8 Å². The number of hydrogen-bond acceptors (Lipinski definition) is 6. The van der Waals surface area contributed by atoms with E-state index in [1.165, 1.54) is 6.07 Å². The van der Waals surface area contributed by atoms with Crippen LogP contribution in [0.15, 0.2) is 54.6 Å². The van der Waals surface area contributed by atoms with Crippen LogP contribution in [0.5, 0.6) is 0 Å². The van der Waals surface area contributed by atoms with Gasteiger partial charge in [-0.05, 0) is 11.6 Å². The van der Waals surface area contributed by atoms with E-state index < -0.39 is 40.1 Å². The first kappa shape index (κ1) is 19.7. The van der Waals surface area contributed by atoms with Crippen molar-refractivity contribution in [3.63, 3.8) is 0 Å². The highest BCUT2D eigenvalue weighted by molar-refractivity contribution is 7.88. The Labute approximate surface area is 162 Å². The first-order chi connectivity index (χ1) is 13.2. The summed E-state index contributed by atoms with van der Waals surface area (Å²) in [5.41, 5.74) is 0.929. The minimum Gasteiger partial charge on any atom is -0.437 e. The second kappa shape index (κ2) is 7.53. The lowest BCUT2D eigenvalue weighted by atomic mass is 10.1. The number of carbonyl (C=O) groups excluding carboxylic acids is 3. The molecule has 1 aliphatic heterocycles. The lowest BCUT2D eigenvalue weighted by Gasteiger charge is -2.27. The second-order valence-electron chi connectivity index (χ2n) is 6.30. The summed E-state index contributed by atoms with van der Waals surface area (Å²) >= 11 is 0. The molecule has 0 fully saturated rings. The zero-order valence-corrected chi connectivity index (χ0v) is 16.0. The number of fused-ring (bicyclic) bond motifs is 1. The molecular formula is C19H18N2O6S. The molecule has 0 bridgehead atoms. The van der Waals surface area contributed by atoms with Gasteiger partial charge in [-0.1, -0.05) is 48.5 Å². The first-order valence-electron chi connectivity index (χ1n) is 8.35. The zero-order valence-electron chi connectivity index (χ0n) is 15.2. The molecule has 1 unspecified atom stereocenters. The summed E-state index contributed by atoms with van der Waals surface area (Å²) in [6.45, 7) is 1.16. The molecule has 0 aliphatic carbocycles. The SMILES string of the molecule is CC(=O)OC1c2ccccc2C(=O)N1C(=O)[C@@H](NS(C)(=O)=O)c1ccccc1. The Morgan fingerprint density at radius 2 is 1.68 bits per heavy atom. The van der Waals surface area contributed by atoms with Gasteiger partial charge in [-0.15, -0.1) is 0 Å². The number of amides is 2. The molecule has 3 rings (SSSR count). The predicted molar refractivity (Wildman–Crippen MR) is 99.3 cm³/mol. The molecule has 0 saturated heterocycles. The van der Waals surface area contributed by atoms with Crippen molar-refractivity contribution in [2.75, 3.05) is 6.26 Å². The highest BCUT2D eigenvalue weighted by Crippen LogP contribution is 2.36. The number of hydrogen-bond donors (Lipinski definition) is 1. The van der Waals surface area contributed by atoms with Crippen molar-refractivity contribution < 1.29 is 27.5 Å². The van der Waals surface area contributed by atoms with Gasteiger partial charge in [0.1, 0.15) is 6.04 Å². The van der Waals surface area contributed by atoms with E-state index in [4.69, 9.17) is 4.74 Å². The van der Waals surface area contributed by atoms with Gasteiger partial charge in [-0.25, -0.2) is 13.3 Å². The molecule has 8 nitrogen and oxygen atoms in total. The summed E-state index contributed by atoms with van der Waals surface area (Å²) in [5, 5.41) is 0. The highest BCUT2D eigenvalue weighted by Gasteiger charge is 2.45. The van der Waals surface area contributed by atoms with Gasteiger partial charge in [0.05, 0.1) is 6.26 Å². The number of carbonyl (C=O) groups is 3. The van der Waals surface area contributed by atoms with E-state index in [1.54, 1.807) is 48.5 Å². The highest BCUT2D eigenvalue weighted by atomic mass is 32.2. The van der Waals surface area contributed by atoms with Crippen LogP contribution < -0.4 is 4.72 Å². The van der Waals surface area contributed by atoms with E-state index >= 15 is 0 Å². The van der Waals surface area contributed by atoms with E-state index in [1.807, 2.05) is 0 Å². The van der Waals surface area contributed by atoms with Crippen LogP contribution in [-0.2, 0) is 24.3 Å². The minimum atomic E-state index is -3.79. The van der Waals surface area contributed by atoms with Gasteiger partial charge < -0.3 is 4.74 Å². The molecule has 2 aromatic carbocycles. The maximum Gasteiger partial charge on any atom is 0.304 e. The van der Waals surface area contributed by atoms with Crippen molar-refractivity contribution >= 4 is 27.8 Å². The maximum atomic E-state index is 13.3. The minimum absolute atomic E-state index is 0.216. The smallest absolute Gasteiger partial charge is 0.304 e.